The quantitative estimate of drug-likeness (QED) is 0.101. The number of carbonyl (C=O) groups excluding carboxylic acids is 1. The number of carbonyl (C=O) groups is 1. The van der Waals surface area contributed by atoms with Gasteiger partial charge in [0.1, 0.15) is 5.52 Å². The van der Waals surface area contributed by atoms with Crippen molar-refractivity contribution < 1.29 is 14.3 Å². The SMILES string of the molecule is CCCCCCn1c2ccccc2c2nnc(N/N=C/c3ccc(OCC(=O)N(CCC)CCC)c(OC)c3)nc21. The molecule has 0 aliphatic heterocycles. The summed E-state index contributed by atoms with van der Waals surface area (Å²) in [5.41, 5.74) is 6.39. The first-order valence-electron chi connectivity index (χ1n) is 14.6. The van der Waals surface area contributed by atoms with E-state index in [0.29, 0.717) is 17.4 Å². The predicted molar refractivity (Wildman–Crippen MR) is 164 cm³/mol. The third-order valence-corrected chi connectivity index (χ3v) is 6.87. The van der Waals surface area contributed by atoms with E-state index in [2.05, 4.69) is 58.2 Å². The van der Waals surface area contributed by atoms with Gasteiger partial charge in [-0.15, -0.1) is 10.2 Å². The van der Waals surface area contributed by atoms with Crippen molar-refractivity contribution >= 4 is 40.1 Å². The monoisotopic (exact) mass is 559 g/mol. The summed E-state index contributed by atoms with van der Waals surface area (Å²) >= 11 is 0. The van der Waals surface area contributed by atoms with Crippen LogP contribution >= 0.6 is 0 Å². The van der Waals surface area contributed by atoms with Gasteiger partial charge in [0, 0.05) is 25.0 Å². The largest absolute Gasteiger partial charge is 0.493 e. The smallest absolute Gasteiger partial charge is 0.265 e. The maximum Gasteiger partial charge on any atom is 0.265 e. The summed E-state index contributed by atoms with van der Waals surface area (Å²) in [6, 6.07) is 13.6. The summed E-state index contributed by atoms with van der Waals surface area (Å²) in [6.07, 6.45) is 8.15. The van der Waals surface area contributed by atoms with E-state index < -0.39 is 0 Å². The molecule has 0 atom stereocenters. The topological polar surface area (TPSA) is 107 Å². The molecule has 0 saturated heterocycles. The Balaban J connectivity index is 1.45. The molecule has 0 spiro atoms. The Hall–Kier alpha value is -4.21. The van der Waals surface area contributed by atoms with E-state index in [4.69, 9.17) is 14.5 Å². The van der Waals surface area contributed by atoms with Crippen molar-refractivity contribution in [2.75, 3.05) is 32.2 Å². The normalized spacial score (nSPS) is 11.4. The number of para-hydroxylation sites is 1. The molecule has 41 heavy (non-hydrogen) atoms. The number of aryl methyl sites for hydroxylation is 1. The molecule has 0 bridgehead atoms. The second-order valence-corrected chi connectivity index (χ2v) is 9.99. The molecular formula is C31H41N7O3. The molecule has 1 amide bonds. The third kappa shape index (κ3) is 7.50. The van der Waals surface area contributed by atoms with Crippen LogP contribution in [0.1, 0.15) is 64.9 Å². The summed E-state index contributed by atoms with van der Waals surface area (Å²) in [6.45, 7) is 8.63. The van der Waals surface area contributed by atoms with Crippen molar-refractivity contribution in [3.63, 3.8) is 0 Å². The number of anilines is 1. The Kier molecular flexibility index (Phi) is 10.9. The number of hydrogen-bond donors (Lipinski definition) is 1. The number of nitrogens with one attached hydrogen (secondary N) is 1. The van der Waals surface area contributed by atoms with Crippen molar-refractivity contribution in [1.82, 2.24) is 24.6 Å². The summed E-state index contributed by atoms with van der Waals surface area (Å²) in [5, 5.41) is 14.1. The average molecular weight is 560 g/mol. The van der Waals surface area contributed by atoms with E-state index in [1.807, 2.05) is 23.1 Å². The Morgan fingerprint density at radius 3 is 2.56 bits per heavy atom. The fourth-order valence-electron chi connectivity index (χ4n) is 4.85. The second kappa shape index (κ2) is 15.0. The number of unbranched alkanes of at least 4 members (excludes halogenated alkanes) is 3. The van der Waals surface area contributed by atoms with Crippen molar-refractivity contribution in [2.24, 2.45) is 5.10 Å². The number of amides is 1. The standard InChI is InChI=1S/C31H41N7O3/c1-5-8-9-12-19-38-25-14-11-10-13-24(25)29-30(38)33-31(36-34-29)35-32-21-23-15-16-26(27(20-23)40-4)41-22-28(39)37(17-6-2)18-7-3/h10-11,13-16,20-21H,5-9,12,17-19,22H2,1-4H3,(H,33,35,36)/b32-21+. The van der Waals surface area contributed by atoms with Crippen molar-refractivity contribution in [3.05, 3.63) is 48.0 Å². The van der Waals surface area contributed by atoms with Gasteiger partial charge in [0.2, 0.25) is 0 Å². The van der Waals surface area contributed by atoms with Crippen LogP contribution in [0.5, 0.6) is 11.5 Å². The summed E-state index contributed by atoms with van der Waals surface area (Å²) in [4.78, 5) is 19.2. The lowest BCUT2D eigenvalue weighted by Gasteiger charge is -2.21. The Morgan fingerprint density at radius 1 is 1.00 bits per heavy atom. The van der Waals surface area contributed by atoms with Gasteiger partial charge in [-0.2, -0.15) is 10.1 Å². The fourth-order valence-corrected chi connectivity index (χ4v) is 4.85. The average Bonchev–Trinajstić information content (AvgIpc) is 3.31. The molecule has 4 rings (SSSR count). The number of ether oxygens (including phenoxy) is 2. The Morgan fingerprint density at radius 2 is 1.80 bits per heavy atom. The molecule has 0 radical (unpaired) electrons. The van der Waals surface area contributed by atoms with Crippen LogP contribution in [0, 0.1) is 0 Å². The summed E-state index contributed by atoms with van der Waals surface area (Å²) in [7, 11) is 1.57. The first-order chi connectivity index (χ1) is 20.1. The van der Waals surface area contributed by atoms with E-state index in [-0.39, 0.29) is 12.5 Å². The zero-order valence-corrected chi connectivity index (χ0v) is 24.6. The molecule has 2 aromatic heterocycles. The summed E-state index contributed by atoms with van der Waals surface area (Å²) < 4.78 is 13.5. The van der Waals surface area contributed by atoms with Crippen molar-refractivity contribution in [3.8, 4) is 11.5 Å². The second-order valence-electron chi connectivity index (χ2n) is 9.99. The summed E-state index contributed by atoms with van der Waals surface area (Å²) in [5.74, 6) is 1.31. The van der Waals surface area contributed by atoms with Crippen LogP contribution in [0.25, 0.3) is 22.1 Å². The minimum absolute atomic E-state index is 0.0313. The number of nitrogens with zero attached hydrogens (tertiary/aromatic N) is 6. The van der Waals surface area contributed by atoms with Crippen molar-refractivity contribution in [2.45, 2.75) is 65.8 Å². The van der Waals surface area contributed by atoms with Gasteiger partial charge in [-0.3, -0.25) is 4.79 Å². The molecule has 4 aromatic rings. The van der Waals surface area contributed by atoms with E-state index >= 15 is 0 Å². The maximum atomic E-state index is 12.6. The van der Waals surface area contributed by atoms with Gasteiger partial charge < -0.3 is 18.9 Å². The lowest BCUT2D eigenvalue weighted by atomic mass is 10.2. The maximum absolute atomic E-state index is 12.6. The molecule has 218 valence electrons. The van der Waals surface area contributed by atoms with Crippen LogP contribution in [-0.4, -0.2) is 63.6 Å². The first-order valence-corrected chi connectivity index (χ1v) is 14.6. The number of hydrazone groups is 1. The lowest BCUT2D eigenvalue weighted by Crippen LogP contribution is -2.36. The molecular weight excluding hydrogens is 518 g/mol. The molecule has 10 nitrogen and oxygen atoms in total. The van der Waals surface area contributed by atoms with Gasteiger partial charge >= 0.3 is 0 Å². The third-order valence-electron chi connectivity index (χ3n) is 6.87. The lowest BCUT2D eigenvalue weighted by molar-refractivity contribution is -0.133. The predicted octanol–water partition coefficient (Wildman–Crippen LogP) is 6.04. The molecule has 2 aromatic carbocycles. The molecule has 0 aliphatic rings. The number of rotatable bonds is 16. The zero-order valence-electron chi connectivity index (χ0n) is 24.6. The molecule has 0 unspecified atom stereocenters. The molecule has 0 fully saturated rings. The van der Waals surface area contributed by atoms with Crippen LogP contribution in [0.15, 0.2) is 47.6 Å². The molecule has 10 heteroatoms. The van der Waals surface area contributed by atoms with Gasteiger partial charge in [0.15, 0.2) is 23.8 Å². The van der Waals surface area contributed by atoms with E-state index in [1.165, 1.54) is 19.3 Å². The van der Waals surface area contributed by atoms with Crippen LogP contribution < -0.4 is 14.9 Å². The van der Waals surface area contributed by atoms with Gasteiger partial charge in [-0.05, 0) is 49.1 Å². The number of fused-ring (bicyclic) bond motifs is 3. The highest BCUT2D eigenvalue weighted by molar-refractivity contribution is 6.04. The minimum Gasteiger partial charge on any atom is -0.493 e. The first kappa shape index (κ1) is 29.8. The fraction of sp³-hybridized carbons (Fsp3) is 0.452. The Bertz CT molecular complexity index is 1460. The number of aromatic nitrogens is 4. The number of methoxy groups -OCH3 is 1. The van der Waals surface area contributed by atoms with E-state index in [0.717, 1.165) is 66.5 Å². The van der Waals surface area contributed by atoms with Crippen LogP contribution in [0.4, 0.5) is 5.95 Å². The van der Waals surface area contributed by atoms with Gasteiger partial charge in [-0.25, -0.2) is 5.43 Å². The zero-order chi connectivity index (χ0) is 29.0. The van der Waals surface area contributed by atoms with Crippen LogP contribution in [-0.2, 0) is 11.3 Å². The number of benzene rings is 2. The van der Waals surface area contributed by atoms with Crippen LogP contribution in [0.3, 0.4) is 0 Å². The highest BCUT2D eigenvalue weighted by Gasteiger charge is 2.15. The highest BCUT2D eigenvalue weighted by atomic mass is 16.5. The minimum atomic E-state index is -0.0342. The van der Waals surface area contributed by atoms with E-state index in [9.17, 15) is 4.79 Å². The van der Waals surface area contributed by atoms with E-state index in [1.54, 1.807) is 25.5 Å². The van der Waals surface area contributed by atoms with Gasteiger partial charge in [-0.1, -0.05) is 58.2 Å². The Labute approximate surface area is 241 Å². The molecule has 1 N–H and O–H groups in total. The van der Waals surface area contributed by atoms with Crippen molar-refractivity contribution in [1.29, 1.82) is 0 Å². The number of hydrogen-bond acceptors (Lipinski definition) is 8. The highest BCUT2D eigenvalue weighted by Crippen LogP contribution is 2.28. The molecule has 0 saturated carbocycles. The van der Waals surface area contributed by atoms with Gasteiger partial charge in [0.05, 0.1) is 18.8 Å². The van der Waals surface area contributed by atoms with Gasteiger partial charge in [0.25, 0.3) is 11.9 Å². The molecule has 2 heterocycles. The van der Waals surface area contributed by atoms with Crippen LogP contribution in [0.2, 0.25) is 0 Å². The molecule has 0 aliphatic carbocycles.